The molecule has 1 heterocycles. The van der Waals surface area contributed by atoms with E-state index in [0.29, 0.717) is 29.6 Å². The number of terminal acetylenes is 1. The van der Waals surface area contributed by atoms with Crippen LogP contribution in [0.5, 0.6) is 0 Å². The molecular weight excluding hydrogens is 417 g/mol. The predicted octanol–water partition coefficient (Wildman–Crippen LogP) is 3.02. The van der Waals surface area contributed by atoms with Crippen molar-refractivity contribution in [3.8, 4) is 12.3 Å². The van der Waals surface area contributed by atoms with Crippen molar-refractivity contribution in [3.05, 3.63) is 51.5 Å². The largest absolute Gasteiger partial charge is 0.374 e. The molecule has 0 aliphatic heterocycles. The van der Waals surface area contributed by atoms with Gasteiger partial charge in [0.05, 0.1) is 16.1 Å². The summed E-state index contributed by atoms with van der Waals surface area (Å²) in [5, 5.41) is 3.85. The van der Waals surface area contributed by atoms with Crippen molar-refractivity contribution in [1.82, 2.24) is 14.9 Å². The van der Waals surface area contributed by atoms with Crippen LogP contribution in [-0.2, 0) is 10.7 Å². The fraction of sp³-hybridized carbons (Fsp3) is 0.375. The molecule has 1 aliphatic rings. The summed E-state index contributed by atoms with van der Waals surface area (Å²) in [6.45, 7) is 4.38. The fourth-order valence-electron chi connectivity index (χ4n) is 3.37. The lowest BCUT2D eigenvalue weighted by Gasteiger charge is -2.23. The van der Waals surface area contributed by atoms with E-state index in [2.05, 4.69) is 28.1 Å². The first kappa shape index (κ1) is 23.3. The average Bonchev–Trinajstić information content (AvgIpc) is 3.47. The van der Waals surface area contributed by atoms with E-state index in [1.165, 1.54) is 18.2 Å². The minimum atomic E-state index is -3.36. The molecule has 8 heteroatoms. The molecule has 1 fully saturated rings. The number of carbonyl (C=O) groups is 1. The van der Waals surface area contributed by atoms with E-state index in [9.17, 15) is 18.0 Å². The first-order valence-electron chi connectivity index (χ1n) is 10.1. The molecule has 0 amide bonds. The van der Waals surface area contributed by atoms with Crippen LogP contribution >= 0.6 is 0 Å². The van der Waals surface area contributed by atoms with Crippen LogP contribution in [0.15, 0.2) is 18.2 Å². The van der Waals surface area contributed by atoms with E-state index in [4.69, 9.17) is 6.42 Å². The number of carbonyl (C=O) groups excluding carboxylic acids is 1. The molecule has 1 aliphatic carbocycles. The zero-order chi connectivity index (χ0) is 23.7. The Bertz CT molecular complexity index is 1190. The summed E-state index contributed by atoms with van der Waals surface area (Å²) in [4.78, 5) is 21.9. The third-order valence-electron chi connectivity index (χ3n) is 5.72. The quantitative estimate of drug-likeness (QED) is 0.528. The van der Waals surface area contributed by atoms with Crippen molar-refractivity contribution >= 4 is 24.4 Å². The maximum Gasteiger partial charge on any atom is 0.273 e. The average molecular weight is 442 g/mol. The van der Waals surface area contributed by atoms with Crippen molar-refractivity contribution in [3.63, 3.8) is 0 Å². The maximum absolute atomic E-state index is 14.9. The zero-order valence-corrected chi connectivity index (χ0v) is 18.4. The molecule has 1 N–H and O–H groups in total. The number of rotatable bonds is 7. The van der Waals surface area contributed by atoms with Gasteiger partial charge in [-0.05, 0) is 26.7 Å². The monoisotopic (exact) mass is 442 g/mol. The molecule has 168 valence electrons. The second-order valence-corrected chi connectivity index (χ2v) is 8.30. The van der Waals surface area contributed by atoms with Crippen molar-refractivity contribution in [2.45, 2.75) is 51.1 Å². The van der Waals surface area contributed by atoms with Gasteiger partial charge in [0.1, 0.15) is 29.8 Å². The summed E-state index contributed by atoms with van der Waals surface area (Å²) >= 11 is 0. The highest BCUT2D eigenvalue weighted by Crippen LogP contribution is 2.40. The summed E-state index contributed by atoms with van der Waals surface area (Å²) in [5.41, 5.74) is -0.851. The number of aromatic nitrogens is 2. The number of nitrogens with one attached hydrogen (secondary N) is 1. The van der Waals surface area contributed by atoms with E-state index < -0.39 is 23.3 Å². The Morgan fingerprint density at radius 3 is 2.59 bits per heavy atom. The highest BCUT2D eigenvalue weighted by molar-refractivity contribution is 5.86. The summed E-state index contributed by atoms with van der Waals surface area (Å²) < 4.78 is 42.6. The predicted molar refractivity (Wildman–Crippen MR) is 118 cm³/mol. The first-order valence-corrected chi connectivity index (χ1v) is 10.1. The van der Waals surface area contributed by atoms with Gasteiger partial charge in [0, 0.05) is 37.3 Å². The number of halogens is 3. The maximum atomic E-state index is 14.9. The van der Waals surface area contributed by atoms with Crippen LogP contribution in [0, 0.1) is 25.1 Å². The number of anilines is 1. The molecular formula is C24H25F3N4O. The Morgan fingerprint density at radius 1 is 1.34 bits per heavy atom. The lowest BCUT2D eigenvalue weighted by molar-refractivity contribution is -0.103. The zero-order valence-electron chi connectivity index (χ0n) is 18.4. The minimum Gasteiger partial charge on any atom is -0.374 e. The molecule has 1 aromatic carbocycles. The van der Waals surface area contributed by atoms with Gasteiger partial charge in [0.15, 0.2) is 0 Å². The highest BCUT2D eigenvalue weighted by atomic mass is 19.3. The van der Waals surface area contributed by atoms with Crippen molar-refractivity contribution in [2.75, 3.05) is 12.4 Å². The van der Waals surface area contributed by atoms with Crippen molar-refractivity contribution in [1.29, 1.82) is 0 Å². The van der Waals surface area contributed by atoms with Gasteiger partial charge in [-0.1, -0.05) is 24.1 Å². The van der Waals surface area contributed by atoms with Crippen LogP contribution in [-0.4, -0.2) is 33.7 Å². The van der Waals surface area contributed by atoms with Crippen LogP contribution in [0.4, 0.5) is 19.0 Å². The van der Waals surface area contributed by atoms with Crippen molar-refractivity contribution < 1.29 is 18.0 Å². The van der Waals surface area contributed by atoms with Gasteiger partial charge in [-0.2, -0.15) is 0 Å². The van der Waals surface area contributed by atoms with Gasteiger partial charge < -0.3 is 10.2 Å². The molecule has 1 atom stereocenters. The lowest BCUT2D eigenvalue weighted by Crippen LogP contribution is -2.38. The van der Waals surface area contributed by atoms with Gasteiger partial charge in [-0.3, -0.25) is 4.79 Å². The van der Waals surface area contributed by atoms with Gasteiger partial charge in [0.2, 0.25) is 0 Å². The molecule has 0 radical (unpaired) electrons. The Hall–Kier alpha value is -3.34. The Balaban J connectivity index is 2.14. The normalized spacial score (nSPS) is 16.9. The number of hydrogen-bond donors (Lipinski definition) is 1. The number of alkyl halides is 2. The van der Waals surface area contributed by atoms with Gasteiger partial charge >= 0.3 is 0 Å². The highest BCUT2D eigenvalue weighted by Gasteiger charge is 2.40. The standard InChI is InChI=1S/C24H25F3N4O/c1-6-19(16-8-7-9-18(21(16)25)24(4,26)27)30-22-17(14-31(5)23(3)11-12-23)20(10-13-32)28-15(2)29-22/h1,7-10,13-14,19H,11-12H2,2-5H3,(H,28,29,30)/b17-14+,20-10+. The fourth-order valence-corrected chi connectivity index (χ4v) is 3.37. The van der Waals surface area contributed by atoms with Crippen LogP contribution in [0.1, 0.15) is 49.7 Å². The summed E-state index contributed by atoms with van der Waals surface area (Å²) in [6, 6.07) is 2.64. The van der Waals surface area contributed by atoms with E-state index in [1.54, 1.807) is 6.92 Å². The molecule has 2 aromatic rings. The van der Waals surface area contributed by atoms with E-state index >= 15 is 0 Å². The number of aldehydes is 1. The number of hydrogen-bond acceptors (Lipinski definition) is 5. The Morgan fingerprint density at radius 2 is 2.03 bits per heavy atom. The van der Waals surface area contributed by atoms with Crippen LogP contribution in [0.3, 0.4) is 0 Å². The van der Waals surface area contributed by atoms with Gasteiger partial charge in [-0.25, -0.2) is 23.1 Å². The summed E-state index contributed by atoms with van der Waals surface area (Å²) in [5.74, 6) is -1.38. The van der Waals surface area contributed by atoms with Gasteiger partial charge in [0.25, 0.3) is 5.92 Å². The Kier molecular flexibility index (Phi) is 6.31. The molecule has 32 heavy (non-hydrogen) atoms. The summed E-state index contributed by atoms with van der Waals surface area (Å²) in [7, 11) is 1.91. The second kappa shape index (κ2) is 8.65. The van der Waals surface area contributed by atoms with Crippen LogP contribution < -0.4 is 15.9 Å². The van der Waals surface area contributed by atoms with E-state index in [0.717, 1.165) is 18.9 Å². The molecule has 1 unspecified atom stereocenters. The Labute approximate surface area is 185 Å². The molecule has 5 nitrogen and oxygen atoms in total. The second-order valence-electron chi connectivity index (χ2n) is 8.30. The molecule has 0 saturated heterocycles. The number of aryl methyl sites for hydroxylation is 1. The molecule has 1 aromatic heterocycles. The van der Waals surface area contributed by atoms with Crippen LogP contribution in [0.2, 0.25) is 0 Å². The molecule has 3 rings (SSSR count). The summed E-state index contributed by atoms with van der Waals surface area (Å²) in [6.07, 6.45) is 11.4. The van der Waals surface area contributed by atoms with Crippen LogP contribution in [0.25, 0.3) is 12.3 Å². The smallest absolute Gasteiger partial charge is 0.273 e. The third-order valence-corrected chi connectivity index (χ3v) is 5.72. The van der Waals surface area contributed by atoms with Crippen molar-refractivity contribution in [2.24, 2.45) is 0 Å². The lowest BCUT2D eigenvalue weighted by atomic mass is 10.00. The third kappa shape index (κ3) is 4.77. The molecule has 0 bridgehead atoms. The van der Waals surface area contributed by atoms with Gasteiger partial charge in [-0.15, -0.1) is 6.42 Å². The first-order chi connectivity index (χ1) is 15.0. The number of benzene rings is 1. The molecule has 0 spiro atoms. The molecule has 1 saturated carbocycles. The minimum absolute atomic E-state index is 0.0146. The van der Waals surface area contributed by atoms with E-state index in [1.807, 2.05) is 18.1 Å². The number of nitrogens with zero attached hydrogens (tertiary/aromatic N) is 3. The topological polar surface area (TPSA) is 58.1 Å². The SMILES string of the molecule is C#CC(Nc1nc(C)nc(=C/C=O)/c1=C\N(C)C1(C)CC1)c1cccc(C(C)(F)F)c1F. The van der Waals surface area contributed by atoms with E-state index in [-0.39, 0.29) is 16.9 Å².